The number of likely N-dealkylation sites (N-methyl/N-ethyl adjacent to an activating group) is 2. The van der Waals surface area contributed by atoms with Crippen LogP contribution in [0, 0.1) is 30.6 Å². The maximum absolute atomic E-state index is 12.3. The predicted octanol–water partition coefficient (Wildman–Crippen LogP) is -2.51. The molecule has 39 heavy (non-hydrogen) atoms. The number of aldehydes is 2. The molecule has 0 aromatic heterocycles. The molecule has 2 unspecified atom stereocenters. The Hall–Kier alpha value is -2.93. The zero-order valence-corrected chi connectivity index (χ0v) is 24.6. The van der Waals surface area contributed by atoms with Crippen LogP contribution in [0.2, 0.25) is 0 Å². The summed E-state index contributed by atoms with van der Waals surface area (Å²) in [5.74, 6) is -0.463. The van der Waals surface area contributed by atoms with Crippen LogP contribution in [0.1, 0.15) is 31.8 Å². The second-order valence-electron chi connectivity index (χ2n) is 7.42. The molecule has 0 aliphatic heterocycles. The van der Waals surface area contributed by atoms with Crippen LogP contribution >= 0.6 is 31.9 Å². The predicted molar refractivity (Wildman–Crippen MR) is 138 cm³/mol. The smallest absolute Gasteiger partial charge is 0.872 e. The zero-order chi connectivity index (χ0) is 28.0. The maximum atomic E-state index is 12.3. The number of hydrogen-bond donors (Lipinski definition) is 2. The van der Waals surface area contributed by atoms with E-state index in [4.69, 9.17) is 30.6 Å². The average molecular weight is 734 g/mol. The standard InChI is InChI=1S/C20H22Br2N2O4.2NO3.Ni.2H2O/c1-23(9-13-5-17(21)7-15(11-25)19(13)27)3-4-24(2)10-14-6-18(22)8-16(12-26)20(14)28;2*2-1(3)4;;;/h5-8,11-12,27-28H,3-4,9-10H2,1-2H3;;;;2*1H2/q;2*-1;+2;;/p+1. The third kappa shape index (κ3) is 18.1. The molecule has 2 rings (SSSR count). The van der Waals surface area contributed by atoms with Gasteiger partial charge in [0.2, 0.25) is 0 Å². The summed E-state index contributed by atoms with van der Waals surface area (Å²) >= 11 is 6.66. The number of halogens is 2. The van der Waals surface area contributed by atoms with Crippen molar-refractivity contribution in [3.05, 3.63) is 86.1 Å². The van der Waals surface area contributed by atoms with Crippen LogP contribution in [0.4, 0.5) is 0 Å². The fraction of sp³-hybridized carbons (Fsp3) is 0.300. The van der Waals surface area contributed by atoms with Crippen molar-refractivity contribution in [2.45, 2.75) is 13.1 Å². The van der Waals surface area contributed by atoms with Gasteiger partial charge in [0.1, 0.15) is 38.8 Å². The van der Waals surface area contributed by atoms with Crippen LogP contribution in [0.15, 0.2) is 33.2 Å². The molecule has 19 heteroatoms. The molecule has 7 N–H and O–H groups in total. The van der Waals surface area contributed by atoms with Crippen LogP contribution in [-0.4, -0.2) is 55.4 Å². The van der Waals surface area contributed by atoms with Gasteiger partial charge in [-0.15, -0.1) is 0 Å². The third-order valence-corrected chi connectivity index (χ3v) is 5.45. The Balaban J connectivity index is -0.000000491. The number of nitrogens with zero attached hydrogens (tertiary/aromatic N) is 2. The Bertz CT molecular complexity index is 990. The van der Waals surface area contributed by atoms with Gasteiger partial charge in [0.05, 0.1) is 24.3 Å². The zero-order valence-electron chi connectivity index (χ0n) is 20.4. The summed E-state index contributed by atoms with van der Waals surface area (Å²) < 4.78 is 1.42. The SMILES string of the molecule is C[NH+](CC[NH+](C)Cc1cc(Br)cc(C=O)c1[O-])Cc1cc(Br)cc(C=O)c1[O-].O.O=[N+]([O-])[O-].O=[N+]([O-])[O-].[Ni+2].[OH3+]. The average Bonchev–Trinajstić information content (AvgIpc) is 2.76. The molecule has 0 heterocycles. The van der Waals surface area contributed by atoms with Gasteiger partial charge in [-0.05, 0) is 24.3 Å². The Morgan fingerprint density at radius 3 is 1.23 bits per heavy atom. The van der Waals surface area contributed by atoms with E-state index in [1.54, 1.807) is 12.1 Å². The van der Waals surface area contributed by atoms with Gasteiger partial charge in [-0.3, -0.25) is 9.59 Å². The molecule has 0 amide bonds. The second kappa shape index (κ2) is 21.9. The fourth-order valence-corrected chi connectivity index (χ4v) is 4.08. The van der Waals surface area contributed by atoms with E-state index in [9.17, 15) is 19.8 Å². The molecule has 222 valence electrons. The van der Waals surface area contributed by atoms with Crippen molar-refractivity contribution in [3.8, 4) is 11.5 Å². The molecule has 2 aromatic rings. The van der Waals surface area contributed by atoms with Crippen LogP contribution in [0.3, 0.4) is 0 Å². The number of nitrogens with one attached hydrogen (secondary N) is 2. The molecule has 0 spiro atoms. The molecule has 0 fully saturated rings. The monoisotopic (exact) mass is 731 g/mol. The summed E-state index contributed by atoms with van der Waals surface area (Å²) in [7, 11) is 3.97. The summed E-state index contributed by atoms with van der Waals surface area (Å²) in [5.41, 5.74) is 1.50. The summed E-state index contributed by atoms with van der Waals surface area (Å²) in [5, 5.41) is 54.0. The van der Waals surface area contributed by atoms with E-state index in [2.05, 4.69) is 31.9 Å². The van der Waals surface area contributed by atoms with Gasteiger partial charge in [0.25, 0.3) is 0 Å². The molecular weight excluding hydrogens is 707 g/mol. The van der Waals surface area contributed by atoms with E-state index in [1.165, 1.54) is 12.1 Å². The van der Waals surface area contributed by atoms with E-state index in [-0.39, 0.29) is 50.1 Å². The largest absolute Gasteiger partial charge is 2.00 e. The van der Waals surface area contributed by atoms with Gasteiger partial charge in [-0.1, -0.05) is 43.4 Å². The quantitative estimate of drug-likeness (QED) is 0.0897. The number of carbonyl (C=O) groups excluding carboxylic acids is 2. The molecule has 0 radical (unpaired) electrons. The maximum Gasteiger partial charge on any atom is 2.00 e. The van der Waals surface area contributed by atoms with E-state index < -0.39 is 10.2 Å². The van der Waals surface area contributed by atoms with Crippen molar-refractivity contribution in [2.75, 3.05) is 27.2 Å². The normalized spacial score (nSPS) is 10.7. The van der Waals surface area contributed by atoms with Gasteiger partial charge in [0, 0.05) is 31.2 Å². The van der Waals surface area contributed by atoms with Gasteiger partial charge < -0.3 is 61.6 Å². The minimum Gasteiger partial charge on any atom is -0.872 e. The molecule has 0 bridgehead atoms. The topological polar surface area (TPSA) is 286 Å². The molecule has 0 saturated carbocycles. The van der Waals surface area contributed by atoms with Crippen LogP contribution < -0.4 is 20.0 Å². The van der Waals surface area contributed by atoms with E-state index in [1.807, 2.05) is 14.1 Å². The van der Waals surface area contributed by atoms with Crippen LogP contribution in [0.25, 0.3) is 0 Å². The minimum absolute atomic E-state index is 0. The Morgan fingerprint density at radius 1 is 0.744 bits per heavy atom. The Labute approximate surface area is 248 Å². The van der Waals surface area contributed by atoms with Crippen molar-refractivity contribution < 1.29 is 67.2 Å². The summed E-state index contributed by atoms with van der Waals surface area (Å²) in [4.78, 5) is 40.8. The number of hydrogen-bond acceptors (Lipinski definition) is 10. The minimum atomic E-state index is -1.75. The number of carbonyl (C=O) groups is 2. The van der Waals surface area contributed by atoms with Crippen LogP contribution in [0.5, 0.6) is 11.5 Å². The van der Waals surface area contributed by atoms with Crippen LogP contribution in [-0.2, 0) is 35.1 Å². The van der Waals surface area contributed by atoms with Gasteiger partial charge in [0.15, 0.2) is 0 Å². The Kier molecular flexibility index (Phi) is 24.3. The molecule has 2 atom stereocenters. The van der Waals surface area contributed by atoms with Crippen molar-refractivity contribution in [3.63, 3.8) is 0 Å². The molecule has 2 aromatic carbocycles. The summed E-state index contributed by atoms with van der Waals surface area (Å²) in [6.45, 7) is 2.56. The van der Waals surface area contributed by atoms with Gasteiger partial charge in [-0.25, -0.2) is 0 Å². The van der Waals surface area contributed by atoms with E-state index >= 15 is 0 Å². The van der Waals surface area contributed by atoms with Gasteiger partial charge in [-0.2, -0.15) is 0 Å². The summed E-state index contributed by atoms with van der Waals surface area (Å²) in [6, 6.07) is 6.56. The number of rotatable bonds is 9. The van der Waals surface area contributed by atoms with E-state index in [0.29, 0.717) is 45.7 Å². The first-order valence-electron chi connectivity index (χ1n) is 9.86. The van der Waals surface area contributed by atoms with Crippen molar-refractivity contribution in [2.24, 2.45) is 0 Å². The first kappa shape index (κ1) is 43.1. The summed E-state index contributed by atoms with van der Waals surface area (Å²) in [6.07, 6.45) is 1.16. The second-order valence-corrected chi connectivity index (χ2v) is 9.25. The first-order chi connectivity index (χ1) is 16.7. The molecule has 0 aliphatic carbocycles. The van der Waals surface area contributed by atoms with Crippen molar-refractivity contribution in [1.82, 2.24) is 0 Å². The number of benzene rings is 2. The molecule has 0 aliphatic rings. The van der Waals surface area contributed by atoms with Crippen molar-refractivity contribution in [1.29, 1.82) is 0 Å². The first-order valence-corrected chi connectivity index (χ1v) is 11.4. The molecule has 0 saturated heterocycles. The number of quaternary nitrogens is 2. The molecule has 16 nitrogen and oxygen atoms in total. The fourth-order valence-electron chi connectivity index (χ4n) is 3.04. The third-order valence-electron chi connectivity index (χ3n) is 4.54. The van der Waals surface area contributed by atoms with Gasteiger partial charge >= 0.3 is 16.5 Å². The molecular formula is C20H27Br2N4NiO12+. The Morgan fingerprint density at radius 2 is 1.00 bits per heavy atom. The van der Waals surface area contributed by atoms with E-state index in [0.717, 1.165) is 22.9 Å². The van der Waals surface area contributed by atoms with Crippen molar-refractivity contribution >= 4 is 44.4 Å².